The van der Waals surface area contributed by atoms with E-state index in [2.05, 4.69) is 0 Å². The lowest BCUT2D eigenvalue weighted by molar-refractivity contribution is -0.139. The van der Waals surface area contributed by atoms with E-state index < -0.39 is 12.0 Å². The van der Waals surface area contributed by atoms with Gasteiger partial charge < -0.3 is 15.6 Å². The van der Waals surface area contributed by atoms with Crippen molar-refractivity contribution in [2.75, 3.05) is 13.2 Å². The van der Waals surface area contributed by atoms with Crippen LogP contribution in [0.1, 0.15) is 6.92 Å². The topological polar surface area (TPSA) is 72.5 Å². The first kappa shape index (κ1) is 12.4. The Bertz CT molecular complexity index is 98.9. The number of rotatable bonds is 4. The summed E-state index contributed by atoms with van der Waals surface area (Å²) < 4.78 is 4.75. The van der Waals surface area contributed by atoms with Crippen LogP contribution < -0.4 is 5.73 Å². The van der Waals surface area contributed by atoms with Crippen molar-refractivity contribution in [1.29, 1.82) is 0 Å². The second-order valence-electron chi connectivity index (χ2n) is 1.60. The van der Waals surface area contributed by atoms with Gasteiger partial charge in [-0.05, 0) is 6.92 Å². The van der Waals surface area contributed by atoms with Gasteiger partial charge in [-0.25, -0.2) is 0 Å². The molecule has 0 amide bonds. The zero-order chi connectivity index (χ0) is 7.28. The quantitative estimate of drug-likeness (QED) is 0.614. The van der Waals surface area contributed by atoms with Crippen molar-refractivity contribution >= 4 is 18.4 Å². The largest absolute Gasteiger partial charge is 0.480 e. The molecule has 3 N–H and O–H groups in total. The van der Waals surface area contributed by atoms with Crippen molar-refractivity contribution in [3.8, 4) is 0 Å². The third kappa shape index (κ3) is 5.81. The average molecular weight is 170 g/mol. The minimum Gasteiger partial charge on any atom is -0.480 e. The Labute approximate surface area is 65.8 Å². The summed E-state index contributed by atoms with van der Waals surface area (Å²) in [4.78, 5) is 10.0. The smallest absolute Gasteiger partial charge is 0.322 e. The highest BCUT2D eigenvalue weighted by Crippen LogP contribution is 1.80. The van der Waals surface area contributed by atoms with Crippen LogP contribution >= 0.6 is 12.4 Å². The first-order chi connectivity index (χ1) is 4.18. The second-order valence-corrected chi connectivity index (χ2v) is 1.60. The predicted octanol–water partition coefficient (Wildman–Crippen LogP) is -0.143. The maximum atomic E-state index is 10.0. The van der Waals surface area contributed by atoms with Crippen molar-refractivity contribution in [2.45, 2.75) is 13.0 Å². The molecular weight excluding hydrogens is 158 g/mol. The van der Waals surface area contributed by atoms with E-state index in [4.69, 9.17) is 15.6 Å². The minimum absolute atomic E-state index is 0. The van der Waals surface area contributed by atoms with Crippen molar-refractivity contribution in [3.63, 3.8) is 0 Å². The second kappa shape index (κ2) is 6.80. The van der Waals surface area contributed by atoms with Crippen LogP contribution in [-0.2, 0) is 9.53 Å². The van der Waals surface area contributed by atoms with Gasteiger partial charge in [-0.1, -0.05) is 0 Å². The van der Waals surface area contributed by atoms with Crippen LogP contribution in [0.25, 0.3) is 0 Å². The molecule has 0 aliphatic heterocycles. The summed E-state index contributed by atoms with van der Waals surface area (Å²) in [6, 6.07) is -0.884. The monoisotopic (exact) mass is 169 g/mol. The van der Waals surface area contributed by atoms with Gasteiger partial charge in [0.15, 0.2) is 0 Å². The molecule has 0 rings (SSSR count). The summed E-state index contributed by atoms with van der Waals surface area (Å²) in [5, 5.41) is 8.20. The fourth-order valence-electron chi connectivity index (χ4n) is 0.316. The van der Waals surface area contributed by atoms with Crippen LogP contribution in [0.3, 0.4) is 0 Å². The molecule has 0 saturated heterocycles. The number of carboxylic acid groups (broad SMARTS) is 1. The lowest BCUT2D eigenvalue weighted by Gasteiger charge is -2.03. The van der Waals surface area contributed by atoms with Crippen molar-refractivity contribution in [2.24, 2.45) is 5.73 Å². The molecule has 0 aromatic rings. The number of ether oxygens (including phenoxy) is 1. The van der Waals surface area contributed by atoms with Gasteiger partial charge in [-0.3, -0.25) is 4.79 Å². The molecule has 0 aliphatic rings. The molecule has 0 fully saturated rings. The van der Waals surface area contributed by atoms with Gasteiger partial charge in [-0.2, -0.15) is 0 Å². The van der Waals surface area contributed by atoms with Gasteiger partial charge in [0, 0.05) is 6.61 Å². The molecule has 0 unspecified atom stereocenters. The fourth-order valence-corrected chi connectivity index (χ4v) is 0.316. The van der Waals surface area contributed by atoms with Gasteiger partial charge in [0.25, 0.3) is 0 Å². The van der Waals surface area contributed by atoms with E-state index >= 15 is 0 Å². The number of hydrogen-bond acceptors (Lipinski definition) is 3. The number of carboxylic acids is 1. The molecule has 0 aliphatic carbocycles. The Morgan fingerprint density at radius 1 is 1.80 bits per heavy atom. The van der Waals surface area contributed by atoms with Gasteiger partial charge >= 0.3 is 5.97 Å². The van der Waals surface area contributed by atoms with Crippen molar-refractivity contribution in [3.05, 3.63) is 0 Å². The van der Waals surface area contributed by atoms with E-state index in [0.717, 1.165) is 0 Å². The molecule has 0 heterocycles. The Morgan fingerprint density at radius 3 is 2.60 bits per heavy atom. The third-order valence-electron chi connectivity index (χ3n) is 0.819. The number of nitrogens with two attached hydrogens (primary N) is 1. The molecule has 0 aromatic carbocycles. The molecule has 0 radical (unpaired) electrons. The highest BCUT2D eigenvalue weighted by atomic mass is 35.5. The van der Waals surface area contributed by atoms with E-state index in [-0.39, 0.29) is 19.0 Å². The SMILES string of the molecule is CCOC[C@@H](N)C(=O)O.Cl. The first-order valence-corrected chi connectivity index (χ1v) is 2.74. The summed E-state index contributed by atoms with van der Waals surface area (Å²) >= 11 is 0. The highest BCUT2D eigenvalue weighted by Gasteiger charge is 2.09. The summed E-state index contributed by atoms with van der Waals surface area (Å²) in [6.07, 6.45) is 0. The van der Waals surface area contributed by atoms with Crippen LogP contribution in [0.5, 0.6) is 0 Å². The Balaban J connectivity index is 0. The van der Waals surface area contributed by atoms with Crippen molar-refractivity contribution in [1.82, 2.24) is 0 Å². The molecule has 5 heteroatoms. The van der Waals surface area contributed by atoms with E-state index in [1.807, 2.05) is 0 Å². The highest BCUT2D eigenvalue weighted by molar-refractivity contribution is 5.85. The van der Waals surface area contributed by atoms with Crippen LogP contribution in [-0.4, -0.2) is 30.3 Å². The maximum Gasteiger partial charge on any atom is 0.322 e. The average Bonchev–Trinajstić information content (AvgIpc) is 1.82. The Morgan fingerprint density at radius 2 is 2.30 bits per heavy atom. The van der Waals surface area contributed by atoms with Crippen LogP contribution in [0.2, 0.25) is 0 Å². The normalized spacial score (nSPS) is 11.8. The molecule has 0 aromatic heterocycles. The summed E-state index contributed by atoms with van der Waals surface area (Å²) in [7, 11) is 0. The molecule has 4 nitrogen and oxygen atoms in total. The van der Waals surface area contributed by atoms with Crippen molar-refractivity contribution < 1.29 is 14.6 Å². The Kier molecular flexibility index (Phi) is 8.40. The van der Waals surface area contributed by atoms with Gasteiger partial charge in [-0.15, -0.1) is 12.4 Å². The zero-order valence-corrected chi connectivity index (χ0v) is 6.56. The molecule has 0 bridgehead atoms. The van der Waals surface area contributed by atoms with E-state index in [0.29, 0.717) is 6.61 Å². The third-order valence-corrected chi connectivity index (χ3v) is 0.819. The van der Waals surface area contributed by atoms with E-state index in [1.165, 1.54) is 0 Å². The predicted molar refractivity (Wildman–Crippen MR) is 39.4 cm³/mol. The lowest BCUT2D eigenvalue weighted by atomic mass is 10.3. The number of aliphatic carboxylic acids is 1. The minimum atomic E-state index is -1.02. The van der Waals surface area contributed by atoms with Crippen LogP contribution in [0, 0.1) is 0 Å². The lowest BCUT2D eigenvalue weighted by Crippen LogP contribution is -2.34. The number of hydrogen-bond donors (Lipinski definition) is 2. The number of carbonyl (C=O) groups is 1. The molecular formula is C5H12ClNO3. The zero-order valence-electron chi connectivity index (χ0n) is 5.74. The van der Waals surface area contributed by atoms with Crippen LogP contribution in [0.4, 0.5) is 0 Å². The Hall–Kier alpha value is -0.320. The van der Waals surface area contributed by atoms with Crippen LogP contribution in [0.15, 0.2) is 0 Å². The molecule has 0 saturated carbocycles. The summed E-state index contributed by atoms with van der Waals surface area (Å²) in [5.74, 6) is -1.02. The van der Waals surface area contributed by atoms with Gasteiger partial charge in [0.2, 0.25) is 0 Å². The van der Waals surface area contributed by atoms with E-state index in [1.54, 1.807) is 6.92 Å². The molecule has 0 spiro atoms. The standard InChI is InChI=1S/C5H11NO3.ClH/c1-2-9-3-4(6)5(7)8;/h4H,2-3,6H2,1H3,(H,7,8);1H/t4-;/m1./s1. The molecule has 10 heavy (non-hydrogen) atoms. The fraction of sp³-hybridized carbons (Fsp3) is 0.800. The molecule has 62 valence electrons. The summed E-state index contributed by atoms with van der Waals surface area (Å²) in [5.41, 5.74) is 5.08. The molecule has 1 atom stereocenters. The van der Waals surface area contributed by atoms with E-state index in [9.17, 15) is 4.79 Å². The maximum absolute atomic E-state index is 10.0. The first-order valence-electron chi connectivity index (χ1n) is 2.74. The van der Waals surface area contributed by atoms with Gasteiger partial charge in [0.05, 0.1) is 6.61 Å². The summed E-state index contributed by atoms with van der Waals surface area (Å²) in [6.45, 7) is 2.38. The number of halogens is 1. The van der Waals surface area contributed by atoms with Gasteiger partial charge in [0.1, 0.15) is 6.04 Å².